The van der Waals surface area contributed by atoms with Gasteiger partial charge in [-0.25, -0.2) is 0 Å². The summed E-state index contributed by atoms with van der Waals surface area (Å²) in [6, 6.07) is 0.453. The second-order valence-corrected chi connectivity index (χ2v) is 5.96. The number of hydrogen-bond acceptors (Lipinski definition) is 5. The van der Waals surface area contributed by atoms with E-state index in [0.717, 1.165) is 12.8 Å². The molecule has 0 atom stereocenters. The molecule has 0 radical (unpaired) electrons. The number of esters is 1. The molecular weight excluding hydrogens is 272 g/mol. The number of rotatable bonds is 6. The number of carbonyl (C=O) groups excluding carboxylic acids is 2. The van der Waals surface area contributed by atoms with Gasteiger partial charge in [0.05, 0.1) is 26.2 Å². The molecule has 1 saturated carbocycles. The van der Waals surface area contributed by atoms with E-state index < -0.39 is 0 Å². The molecule has 0 aromatic heterocycles. The number of hydrogen-bond donors (Lipinski definition) is 1. The maximum Gasteiger partial charge on any atom is 0.308 e. The number of piperidine rings is 1. The summed E-state index contributed by atoms with van der Waals surface area (Å²) < 4.78 is 4.76. The lowest BCUT2D eigenvalue weighted by atomic mass is 9.91. The van der Waals surface area contributed by atoms with E-state index in [1.165, 1.54) is 13.5 Å². The second-order valence-electron chi connectivity index (χ2n) is 5.96. The maximum absolute atomic E-state index is 12.4. The largest absolute Gasteiger partial charge is 0.469 e. The van der Waals surface area contributed by atoms with Crippen molar-refractivity contribution < 1.29 is 19.4 Å². The Kier molecular flexibility index (Phi) is 5.99. The Balaban J connectivity index is 1.79. The summed E-state index contributed by atoms with van der Waals surface area (Å²) >= 11 is 0. The summed E-state index contributed by atoms with van der Waals surface area (Å²) in [5.41, 5.74) is 0. The Morgan fingerprint density at radius 3 is 2.38 bits per heavy atom. The van der Waals surface area contributed by atoms with Crippen molar-refractivity contribution in [1.29, 1.82) is 0 Å². The molecule has 2 fully saturated rings. The Morgan fingerprint density at radius 2 is 1.90 bits per heavy atom. The van der Waals surface area contributed by atoms with Gasteiger partial charge in [0.15, 0.2) is 0 Å². The van der Waals surface area contributed by atoms with Crippen LogP contribution in [0.1, 0.15) is 32.1 Å². The Hall–Kier alpha value is -1.14. The number of ether oxygens (including phenoxy) is 1. The van der Waals surface area contributed by atoms with Crippen molar-refractivity contribution in [3.05, 3.63) is 0 Å². The molecule has 1 heterocycles. The van der Waals surface area contributed by atoms with Crippen LogP contribution in [0.4, 0.5) is 0 Å². The molecule has 1 saturated heterocycles. The molecule has 21 heavy (non-hydrogen) atoms. The predicted octanol–water partition coefficient (Wildman–Crippen LogP) is 0.245. The van der Waals surface area contributed by atoms with Crippen LogP contribution in [0, 0.1) is 5.92 Å². The normalized spacial score (nSPS) is 20.4. The minimum atomic E-state index is -0.168. The maximum atomic E-state index is 12.4. The summed E-state index contributed by atoms with van der Waals surface area (Å²) in [5, 5.41) is 9.13. The van der Waals surface area contributed by atoms with Crippen LogP contribution in [0.15, 0.2) is 0 Å². The van der Waals surface area contributed by atoms with Gasteiger partial charge in [0.2, 0.25) is 5.91 Å². The van der Waals surface area contributed by atoms with Gasteiger partial charge in [-0.2, -0.15) is 0 Å². The first-order valence-electron chi connectivity index (χ1n) is 7.86. The minimum absolute atomic E-state index is 0.0702. The van der Waals surface area contributed by atoms with Crippen molar-refractivity contribution in [3.8, 4) is 0 Å². The lowest BCUT2D eigenvalue weighted by molar-refractivity contribution is -0.149. The number of aliphatic hydroxyl groups excluding tert-OH is 1. The van der Waals surface area contributed by atoms with Crippen molar-refractivity contribution in [2.24, 2.45) is 5.92 Å². The van der Waals surface area contributed by atoms with Gasteiger partial charge < -0.3 is 14.7 Å². The molecular formula is C15H26N2O4. The zero-order valence-corrected chi connectivity index (χ0v) is 12.8. The highest BCUT2D eigenvalue weighted by atomic mass is 16.5. The monoisotopic (exact) mass is 298 g/mol. The van der Waals surface area contributed by atoms with E-state index in [1.807, 2.05) is 4.90 Å². The lowest BCUT2D eigenvalue weighted by Crippen LogP contribution is -2.50. The summed E-state index contributed by atoms with van der Waals surface area (Å²) in [4.78, 5) is 27.8. The van der Waals surface area contributed by atoms with E-state index in [9.17, 15) is 9.59 Å². The van der Waals surface area contributed by atoms with E-state index in [0.29, 0.717) is 45.1 Å². The molecule has 1 amide bonds. The van der Waals surface area contributed by atoms with E-state index in [4.69, 9.17) is 9.84 Å². The molecule has 0 aromatic carbocycles. The number of methoxy groups -OCH3 is 1. The third-order valence-electron chi connectivity index (χ3n) is 4.70. The molecule has 1 aliphatic heterocycles. The van der Waals surface area contributed by atoms with E-state index in [-0.39, 0.29) is 24.4 Å². The molecule has 0 spiro atoms. The molecule has 0 aromatic rings. The average molecular weight is 298 g/mol. The fourth-order valence-electron chi connectivity index (χ4n) is 3.08. The zero-order valence-electron chi connectivity index (χ0n) is 12.8. The van der Waals surface area contributed by atoms with Crippen LogP contribution in [0.2, 0.25) is 0 Å². The zero-order chi connectivity index (χ0) is 15.2. The van der Waals surface area contributed by atoms with Crippen LogP contribution in [0.25, 0.3) is 0 Å². The quantitative estimate of drug-likeness (QED) is 0.712. The highest BCUT2D eigenvalue weighted by Crippen LogP contribution is 2.25. The Morgan fingerprint density at radius 1 is 1.24 bits per heavy atom. The Labute approximate surface area is 126 Å². The minimum Gasteiger partial charge on any atom is -0.469 e. The van der Waals surface area contributed by atoms with Crippen LogP contribution in [0.3, 0.4) is 0 Å². The van der Waals surface area contributed by atoms with E-state index in [2.05, 4.69) is 4.90 Å². The number of carbonyl (C=O) groups is 2. The first-order valence-corrected chi connectivity index (χ1v) is 7.86. The molecule has 1 aliphatic carbocycles. The third kappa shape index (κ3) is 4.17. The number of nitrogens with zero attached hydrogens (tertiary/aromatic N) is 2. The van der Waals surface area contributed by atoms with Crippen molar-refractivity contribution >= 4 is 11.9 Å². The molecule has 2 aliphatic rings. The molecule has 2 rings (SSSR count). The first kappa shape index (κ1) is 16.2. The number of aliphatic hydroxyl groups is 1. The highest BCUT2D eigenvalue weighted by molar-refractivity contribution is 5.79. The van der Waals surface area contributed by atoms with Crippen molar-refractivity contribution in [2.45, 2.75) is 38.1 Å². The van der Waals surface area contributed by atoms with E-state index >= 15 is 0 Å². The van der Waals surface area contributed by atoms with Crippen LogP contribution in [-0.4, -0.2) is 72.7 Å². The van der Waals surface area contributed by atoms with Crippen LogP contribution >= 0.6 is 0 Å². The summed E-state index contributed by atoms with van der Waals surface area (Å²) in [6.45, 7) is 2.28. The molecule has 6 nitrogen and oxygen atoms in total. The third-order valence-corrected chi connectivity index (χ3v) is 4.70. The molecule has 0 unspecified atom stereocenters. The SMILES string of the molecule is COC(=O)C1CCN(C(=O)CN(CCO)C2CCC2)CC1. The summed E-state index contributed by atoms with van der Waals surface area (Å²) in [5.74, 6) is -0.128. The van der Waals surface area contributed by atoms with Crippen LogP contribution in [0.5, 0.6) is 0 Å². The summed E-state index contributed by atoms with van der Waals surface area (Å²) in [7, 11) is 1.41. The van der Waals surface area contributed by atoms with Crippen molar-refractivity contribution in [3.63, 3.8) is 0 Å². The van der Waals surface area contributed by atoms with Crippen molar-refractivity contribution in [1.82, 2.24) is 9.80 Å². The molecule has 6 heteroatoms. The van der Waals surface area contributed by atoms with Gasteiger partial charge in [0, 0.05) is 25.7 Å². The van der Waals surface area contributed by atoms with Gasteiger partial charge in [-0.15, -0.1) is 0 Å². The van der Waals surface area contributed by atoms with Crippen molar-refractivity contribution in [2.75, 3.05) is 39.9 Å². The fraction of sp³-hybridized carbons (Fsp3) is 0.867. The topological polar surface area (TPSA) is 70.1 Å². The highest BCUT2D eigenvalue weighted by Gasteiger charge is 2.31. The van der Waals surface area contributed by atoms with E-state index in [1.54, 1.807) is 0 Å². The smallest absolute Gasteiger partial charge is 0.308 e. The van der Waals surface area contributed by atoms with Crippen LogP contribution in [-0.2, 0) is 14.3 Å². The molecule has 120 valence electrons. The fourth-order valence-corrected chi connectivity index (χ4v) is 3.08. The standard InChI is InChI=1S/C15H26N2O4/c1-21-15(20)12-5-7-16(8-6-12)14(19)11-17(9-10-18)13-3-2-4-13/h12-13,18H,2-11H2,1H3. The van der Waals surface area contributed by atoms with Gasteiger partial charge in [0.25, 0.3) is 0 Å². The predicted molar refractivity (Wildman–Crippen MR) is 77.6 cm³/mol. The van der Waals surface area contributed by atoms with Gasteiger partial charge in [0.1, 0.15) is 0 Å². The summed E-state index contributed by atoms with van der Waals surface area (Å²) in [6.07, 6.45) is 4.82. The van der Waals surface area contributed by atoms with Gasteiger partial charge in [-0.05, 0) is 25.7 Å². The van der Waals surface area contributed by atoms with Gasteiger partial charge in [-0.3, -0.25) is 14.5 Å². The lowest BCUT2D eigenvalue weighted by Gasteiger charge is -2.38. The molecule has 0 bridgehead atoms. The number of likely N-dealkylation sites (tertiary alicyclic amines) is 1. The Bertz CT molecular complexity index is 363. The second kappa shape index (κ2) is 7.75. The van der Waals surface area contributed by atoms with Gasteiger partial charge in [-0.1, -0.05) is 6.42 Å². The first-order chi connectivity index (χ1) is 10.2. The molecule has 1 N–H and O–H groups in total. The number of amides is 1. The van der Waals surface area contributed by atoms with Crippen LogP contribution < -0.4 is 0 Å². The average Bonchev–Trinajstić information content (AvgIpc) is 2.45. The van der Waals surface area contributed by atoms with Gasteiger partial charge >= 0.3 is 5.97 Å².